The predicted molar refractivity (Wildman–Crippen MR) is 96.1 cm³/mol. The van der Waals surface area contributed by atoms with Crippen molar-refractivity contribution in [3.63, 3.8) is 0 Å². The van der Waals surface area contributed by atoms with Crippen LogP contribution in [0.25, 0.3) is 0 Å². The fourth-order valence-electron chi connectivity index (χ4n) is 4.34. The van der Waals surface area contributed by atoms with Crippen molar-refractivity contribution in [2.24, 2.45) is 17.8 Å². The third-order valence-electron chi connectivity index (χ3n) is 6.03. The number of likely N-dealkylation sites (tertiary alicyclic amines) is 1. The zero-order chi connectivity index (χ0) is 18.3. The molecule has 4 rings (SSSR count). The zero-order valence-corrected chi connectivity index (χ0v) is 15.2. The SMILES string of the molecule is Cc1nc(N2CCCCC2)ncc1C(=O)N1C[C@H](C(=O)O)[C@@H](C2CC2)C1. The van der Waals surface area contributed by atoms with Crippen LogP contribution < -0.4 is 4.90 Å². The summed E-state index contributed by atoms with van der Waals surface area (Å²) in [6.07, 6.45) is 7.33. The largest absolute Gasteiger partial charge is 0.481 e. The standard InChI is InChI=1S/C19H26N4O3/c1-12-14(9-20-19(21-12)22-7-3-2-4-8-22)17(24)23-10-15(13-5-6-13)16(11-23)18(25)26/h9,13,15-16H,2-8,10-11H2,1H3,(H,25,26)/t15-,16+/m1/s1. The fraction of sp³-hybridized carbons (Fsp3) is 0.684. The van der Waals surface area contributed by atoms with E-state index in [9.17, 15) is 14.7 Å². The van der Waals surface area contributed by atoms with Crippen LogP contribution in [-0.2, 0) is 4.79 Å². The van der Waals surface area contributed by atoms with Crippen molar-refractivity contribution in [2.45, 2.75) is 39.0 Å². The van der Waals surface area contributed by atoms with E-state index in [1.54, 1.807) is 11.1 Å². The Bertz CT molecular complexity index is 713. The second-order valence-electron chi connectivity index (χ2n) is 7.87. The highest BCUT2D eigenvalue weighted by molar-refractivity contribution is 5.95. The van der Waals surface area contributed by atoms with Gasteiger partial charge < -0.3 is 14.9 Å². The van der Waals surface area contributed by atoms with Gasteiger partial charge in [0.15, 0.2) is 0 Å². The topological polar surface area (TPSA) is 86.6 Å². The quantitative estimate of drug-likeness (QED) is 0.885. The molecule has 3 heterocycles. The van der Waals surface area contributed by atoms with Gasteiger partial charge in [-0.15, -0.1) is 0 Å². The normalized spacial score (nSPS) is 26.2. The van der Waals surface area contributed by atoms with Gasteiger partial charge in [0.05, 0.1) is 17.2 Å². The van der Waals surface area contributed by atoms with Crippen molar-refractivity contribution in [3.05, 3.63) is 17.5 Å². The second kappa shape index (κ2) is 6.85. The van der Waals surface area contributed by atoms with Crippen LogP contribution in [0.1, 0.15) is 48.2 Å². The van der Waals surface area contributed by atoms with E-state index < -0.39 is 11.9 Å². The minimum absolute atomic E-state index is 0.0882. The maximum Gasteiger partial charge on any atom is 0.308 e. The van der Waals surface area contributed by atoms with Crippen molar-refractivity contribution in [1.29, 1.82) is 0 Å². The van der Waals surface area contributed by atoms with Gasteiger partial charge in [0.25, 0.3) is 5.91 Å². The lowest BCUT2D eigenvalue weighted by molar-refractivity contribution is -0.142. The molecule has 2 atom stereocenters. The molecule has 1 N–H and O–H groups in total. The summed E-state index contributed by atoms with van der Waals surface area (Å²) >= 11 is 0. The van der Waals surface area contributed by atoms with Crippen LogP contribution in [0.15, 0.2) is 6.20 Å². The van der Waals surface area contributed by atoms with Crippen molar-refractivity contribution in [2.75, 3.05) is 31.1 Å². The van der Waals surface area contributed by atoms with Gasteiger partial charge in [-0.25, -0.2) is 9.97 Å². The summed E-state index contributed by atoms with van der Waals surface area (Å²) in [6, 6.07) is 0. The molecule has 7 nitrogen and oxygen atoms in total. The highest BCUT2D eigenvalue weighted by atomic mass is 16.4. The molecule has 0 aromatic carbocycles. The van der Waals surface area contributed by atoms with Crippen LogP contribution in [0.4, 0.5) is 5.95 Å². The van der Waals surface area contributed by atoms with E-state index in [0.717, 1.165) is 38.8 Å². The maximum atomic E-state index is 13.0. The number of carbonyl (C=O) groups excluding carboxylic acids is 1. The van der Waals surface area contributed by atoms with Gasteiger partial charge in [-0.05, 0) is 50.9 Å². The first-order valence-electron chi connectivity index (χ1n) is 9.65. The number of aromatic nitrogens is 2. The average molecular weight is 358 g/mol. The van der Waals surface area contributed by atoms with Gasteiger partial charge >= 0.3 is 5.97 Å². The summed E-state index contributed by atoms with van der Waals surface area (Å²) in [5.41, 5.74) is 1.17. The summed E-state index contributed by atoms with van der Waals surface area (Å²) in [4.78, 5) is 37.4. The number of hydrogen-bond acceptors (Lipinski definition) is 5. The lowest BCUT2D eigenvalue weighted by atomic mass is 9.92. The Balaban J connectivity index is 1.50. The van der Waals surface area contributed by atoms with E-state index in [1.807, 2.05) is 6.92 Å². The minimum atomic E-state index is -0.786. The highest BCUT2D eigenvalue weighted by Gasteiger charge is 2.47. The Labute approximate surface area is 153 Å². The number of rotatable bonds is 4. The summed E-state index contributed by atoms with van der Waals surface area (Å²) in [7, 11) is 0. The van der Waals surface area contributed by atoms with E-state index >= 15 is 0 Å². The molecule has 0 spiro atoms. The Morgan fingerprint density at radius 3 is 2.50 bits per heavy atom. The number of hydrogen-bond donors (Lipinski definition) is 1. The van der Waals surface area contributed by atoms with E-state index in [2.05, 4.69) is 14.9 Å². The number of carbonyl (C=O) groups is 2. The first-order chi connectivity index (χ1) is 12.5. The number of carboxylic acids is 1. The van der Waals surface area contributed by atoms with Crippen molar-refractivity contribution in [3.8, 4) is 0 Å². The molecule has 7 heteroatoms. The monoisotopic (exact) mass is 358 g/mol. The predicted octanol–water partition coefficient (Wildman–Crippen LogP) is 1.96. The number of anilines is 1. The molecule has 1 aromatic rings. The fourth-order valence-corrected chi connectivity index (χ4v) is 4.34. The lowest BCUT2D eigenvalue weighted by Gasteiger charge is -2.27. The summed E-state index contributed by atoms with van der Waals surface area (Å²) in [5, 5.41) is 9.50. The molecule has 2 aliphatic heterocycles. The van der Waals surface area contributed by atoms with Gasteiger partial charge in [-0.2, -0.15) is 0 Å². The smallest absolute Gasteiger partial charge is 0.308 e. The van der Waals surface area contributed by atoms with Gasteiger partial charge in [0, 0.05) is 32.4 Å². The van der Waals surface area contributed by atoms with Gasteiger partial charge in [0.1, 0.15) is 0 Å². The molecule has 2 saturated heterocycles. The first-order valence-corrected chi connectivity index (χ1v) is 9.65. The third-order valence-corrected chi connectivity index (χ3v) is 6.03. The molecular weight excluding hydrogens is 332 g/mol. The van der Waals surface area contributed by atoms with Crippen molar-refractivity contribution < 1.29 is 14.7 Å². The van der Waals surface area contributed by atoms with Crippen LogP contribution in [0, 0.1) is 24.7 Å². The van der Waals surface area contributed by atoms with Crippen LogP contribution in [0.5, 0.6) is 0 Å². The molecular formula is C19H26N4O3. The molecule has 0 unspecified atom stereocenters. The summed E-state index contributed by atoms with van der Waals surface area (Å²) in [6.45, 7) is 4.59. The lowest BCUT2D eigenvalue weighted by Crippen LogP contribution is -2.33. The Kier molecular flexibility index (Phi) is 4.54. The van der Waals surface area contributed by atoms with E-state index in [-0.39, 0.29) is 11.8 Å². The van der Waals surface area contributed by atoms with Crippen LogP contribution in [-0.4, -0.2) is 58.0 Å². The molecule has 1 aliphatic carbocycles. The summed E-state index contributed by atoms with van der Waals surface area (Å²) in [5.74, 6) is -0.120. The van der Waals surface area contributed by atoms with Gasteiger partial charge in [-0.3, -0.25) is 9.59 Å². The molecule has 140 valence electrons. The van der Waals surface area contributed by atoms with Crippen LogP contribution in [0.3, 0.4) is 0 Å². The van der Waals surface area contributed by atoms with Crippen LogP contribution in [0.2, 0.25) is 0 Å². The van der Waals surface area contributed by atoms with Crippen molar-refractivity contribution >= 4 is 17.8 Å². The number of nitrogens with zero attached hydrogens (tertiary/aromatic N) is 4. The molecule has 1 aromatic heterocycles. The van der Waals surface area contributed by atoms with Crippen LogP contribution >= 0.6 is 0 Å². The van der Waals surface area contributed by atoms with Gasteiger partial charge in [-0.1, -0.05) is 0 Å². The minimum Gasteiger partial charge on any atom is -0.481 e. The molecule has 3 aliphatic rings. The maximum absolute atomic E-state index is 13.0. The molecule has 26 heavy (non-hydrogen) atoms. The Hall–Kier alpha value is -2.18. The second-order valence-corrected chi connectivity index (χ2v) is 7.87. The first kappa shape index (κ1) is 17.2. The third kappa shape index (κ3) is 3.27. The number of aryl methyl sites for hydroxylation is 1. The van der Waals surface area contributed by atoms with Gasteiger partial charge in [0.2, 0.25) is 5.95 Å². The highest BCUT2D eigenvalue weighted by Crippen LogP contribution is 2.44. The molecule has 0 bridgehead atoms. The molecule has 1 saturated carbocycles. The number of piperidine rings is 1. The van der Waals surface area contributed by atoms with Crippen molar-refractivity contribution in [1.82, 2.24) is 14.9 Å². The Morgan fingerprint density at radius 2 is 1.88 bits per heavy atom. The number of aliphatic carboxylic acids is 1. The van der Waals surface area contributed by atoms with E-state index in [4.69, 9.17) is 0 Å². The zero-order valence-electron chi connectivity index (χ0n) is 15.2. The molecule has 3 fully saturated rings. The average Bonchev–Trinajstić information content (AvgIpc) is 3.39. The summed E-state index contributed by atoms with van der Waals surface area (Å²) < 4.78 is 0. The van der Waals surface area contributed by atoms with E-state index in [0.29, 0.717) is 36.2 Å². The van der Waals surface area contributed by atoms with E-state index in [1.165, 1.54) is 6.42 Å². The number of amides is 1. The molecule has 1 amide bonds. The molecule has 0 radical (unpaired) electrons. The Morgan fingerprint density at radius 1 is 1.15 bits per heavy atom. The number of carboxylic acid groups (broad SMARTS) is 1.